The Kier molecular flexibility index (Phi) is 3.40. The Bertz CT molecular complexity index is 356. The third-order valence-corrected chi connectivity index (χ3v) is 1.84. The summed E-state index contributed by atoms with van der Waals surface area (Å²) in [6, 6.07) is 4.84. The van der Waals surface area contributed by atoms with Crippen LogP contribution in [0, 0.1) is 0 Å². The summed E-state index contributed by atoms with van der Waals surface area (Å²) in [7, 11) is 0. The van der Waals surface area contributed by atoms with Crippen molar-refractivity contribution >= 4 is 12.1 Å². The fourth-order valence-corrected chi connectivity index (χ4v) is 1.15. The molecule has 0 heterocycles. The second-order valence-corrected chi connectivity index (χ2v) is 2.86. The first-order chi connectivity index (χ1) is 6.69. The maximum absolute atomic E-state index is 11.0. The van der Waals surface area contributed by atoms with Gasteiger partial charge in [0.05, 0.1) is 12.2 Å². The van der Waals surface area contributed by atoms with Crippen molar-refractivity contribution < 1.29 is 14.3 Å². The SMILES string of the molecule is CCOc1ccc(C(C)=O)cc1C=O. The Morgan fingerprint density at radius 3 is 2.71 bits per heavy atom. The zero-order valence-electron chi connectivity index (χ0n) is 8.24. The predicted octanol–water partition coefficient (Wildman–Crippen LogP) is 2.10. The number of hydrogen-bond acceptors (Lipinski definition) is 3. The van der Waals surface area contributed by atoms with Gasteiger partial charge in [-0.25, -0.2) is 0 Å². The summed E-state index contributed by atoms with van der Waals surface area (Å²) in [5, 5.41) is 0. The Morgan fingerprint density at radius 2 is 2.21 bits per heavy atom. The lowest BCUT2D eigenvalue weighted by Gasteiger charge is -2.06. The van der Waals surface area contributed by atoms with Crippen LogP contribution in [0.5, 0.6) is 5.75 Å². The van der Waals surface area contributed by atoms with Crippen LogP contribution < -0.4 is 4.74 Å². The van der Waals surface area contributed by atoms with E-state index in [2.05, 4.69) is 0 Å². The summed E-state index contributed by atoms with van der Waals surface area (Å²) >= 11 is 0. The molecule has 0 saturated heterocycles. The fourth-order valence-electron chi connectivity index (χ4n) is 1.15. The van der Waals surface area contributed by atoms with Gasteiger partial charge in [-0.3, -0.25) is 9.59 Å². The maximum Gasteiger partial charge on any atom is 0.159 e. The molecule has 1 rings (SSSR count). The van der Waals surface area contributed by atoms with Gasteiger partial charge >= 0.3 is 0 Å². The highest BCUT2D eigenvalue weighted by atomic mass is 16.5. The van der Waals surface area contributed by atoms with Crippen LogP contribution in [0.3, 0.4) is 0 Å². The van der Waals surface area contributed by atoms with Crippen LogP contribution in [0.1, 0.15) is 34.6 Å². The zero-order chi connectivity index (χ0) is 10.6. The quantitative estimate of drug-likeness (QED) is 0.542. The lowest BCUT2D eigenvalue weighted by atomic mass is 10.1. The largest absolute Gasteiger partial charge is 0.493 e. The Hall–Kier alpha value is -1.64. The van der Waals surface area contributed by atoms with Crippen molar-refractivity contribution in [3.63, 3.8) is 0 Å². The first-order valence-corrected chi connectivity index (χ1v) is 4.42. The summed E-state index contributed by atoms with van der Waals surface area (Å²) in [4.78, 5) is 21.7. The van der Waals surface area contributed by atoms with Gasteiger partial charge in [-0.2, -0.15) is 0 Å². The summed E-state index contributed by atoms with van der Waals surface area (Å²) in [5.41, 5.74) is 0.940. The van der Waals surface area contributed by atoms with Crippen molar-refractivity contribution in [3.8, 4) is 5.75 Å². The molecule has 0 N–H and O–H groups in total. The average Bonchev–Trinajstić information content (AvgIpc) is 2.18. The molecular weight excluding hydrogens is 180 g/mol. The van der Waals surface area contributed by atoms with Crippen LogP contribution in [0.2, 0.25) is 0 Å². The van der Waals surface area contributed by atoms with Gasteiger partial charge in [0, 0.05) is 5.56 Å². The number of carbonyl (C=O) groups is 2. The molecule has 0 unspecified atom stereocenters. The van der Waals surface area contributed by atoms with Gasteiger partial charge in [0.15, 0.2) is 12.1 Å². The van der Waals surface area contributed by atoms with Crippen molar-refractivity contribution in [3.05, 3.63) is 29.3 Å². The number of rotatable bonds is 4. The van der Waals surface area contributed by atoms with Crippen LogP contribution in [-0.2, 0) is 0 Å². The fraction of sp³-hybridized carbons (Fsp3) is 0.273. The second-order valence-electron chi connectivity index (χ2n) is 2.86. The highest BCUT2D eigenvalue weighted by molar-refractivity contribution is 5.96. The average molecular weight is 192 g/mol. The van der Waals surface area contributed by atoms with E-state index in [-0.39, 0.29) is 5.78 Å². The monoisotopic (exact) mass is 192 g/mol. The molecule has 1 aromatic rings. The van der Waals surface area contributed by atoms with E-state index in [1.165, 1.54) is 6.92 Å². The van der Waals surface area contributed by atoms with E-state index in [1.807, 2.05) is 6.92 Å². The number of benzene rings is 1. The van der Waals surface area contributed by atoms with Crippen molar-refractivity contribution in [2.45, 2.75) is 13.8 Å². The van der Waals surface area contributed by atoms with Gasteiger partial charge in [0.1, 0.15) is 5.75 Å². The van der Waals surface area contributed by atoms with Gasteiger partial charge in [-0.1, -0.05) is 0 Å². The standard InChI is InChI=1S/C11H12O3/c1-3-14-11-5-4-9(8(2)13)6-10(11)7-12/h4-7H,3H2,1-2H3. The van der Waals surface area contributed by atoms with Crippen molar-refractivity contribution in [2.75, 3.05) is 6.61 Å². The number of Topliss-reactive ketones (excluding diaryl/α,β-unsaturated/α-hetero) is 1. The number of carbonyl (C=O) groups excluding carboxylic acids is 2. The molecule has 0 spiro atoms. The number of hydrogen-bond donors (Lipinski definition) is 0. The topological polar surface area (TPSA) is 43.4 Å². The van der Waals surface area contributed by atoms with E-state index in [9.17, 15) is 9.59 Å². The minimum absolute atomic E-state index is 0.0591. The molecule has 3 nitrogen and oxygen atoms in total. The first kappa shape index (κ1) is 10.4. The summed E-state index contributed by atoms with van der Waals surface area (Å²) < 4.78 is 5.22. The van der Waals surface area contributed by atoms with Crippen LogP contribution in [0.25, 0.3) is 0 Å². The first-order valence-electron chi connectivity index (χ1n) is 4.42. The lowest BCUT2D eigenvalue weighted by molar-refractivity contribution is 0.101. The van der Waals surface area contributed by atoms with E-state index < -0.39 is 0 Å². The molecule has 0 radical (unpaired) electrons. The molecule has 74 valence electrons. The number of ketones is 1. The molecule has 0 aliphatic heterocycles. The van der Waals surface area contributed by atoms with E-state index in [1.54, 1.807) is 18.2 Å². The van der Waals surface area contributed by atoms with Crippen LogP contribution >= 0.6 is 0 Å². The molecule has 0 aliphatic rings. The molecule has 0 atom stereocenters. The van der Waals surface area contributed by atoms with Crippen molar-refractivity contribution in [2.24, 2.45) is 0 Å². The van der Waals surface area contributed by atoms with E-state index in [0.29, 0.717) is 29.8 Å². The maximum atomic E-state index is 11.0. The Morgan fingerprint density at radius 1 is 1.50 bits per heavy atom. The molecule has 0 saturated carbocycles. The molecule has 3 heteroatoms. The van der Waals surface area contributed by atoms with Crippen molar-refractivity contribution in [1.29, 1.82) is 0 Å². The van der Waals surface area contributed by atoms with E-state index in [4.69, 9.17) is 4.74 Å². The highest BCUT2D eigenvalue weighted by Crippen LogP contribution is 2.18. The molecule has 14 heavy (non-hydrogen) atoms. The van der Waals surface area contributed by atoms with Crippen LogP contribution in [-0.4, -0.2) is 18.7 Å². The lowest BCUT2D eigenvalue weighted by Crippen LogP contribution is -1.99. The summed E-state index contributed by atoms with van der Waals surface area (Å²) in [6.07, 6.45) is 0.692. The molecule has 0 aliphatic carbocycles. The normalized spacial score (nSPS) is 9.57. The summed E-state index contributed by atoms with van der Waals surface area (Å²) in [6.45, 7) is 3.80. The number of ether oxygens (including phenoxy) is 1. The zero-order valence-corrected chi connectivity index (χ0v) is 8.24. The predicted molar refractivity (Wildman–Crippen MR) is 53.0 cm³/mol. The molecular formula is C11H12O3. The van der Waals surface area contributed by atoms with Gasteiger partial charge in [0.2, 0.25) is 0 Å². The third kappa shape index (κ3) is 2.19. The summed E-state index contributed by atoms with van der Waals surface area (Å²) in [5.74, 6) is 0.462. The minimum Gasteiger partial charge on any atom is -0.493 e. The molecule has 0 fully saturated rings. The molecule has 0 amide bonds. The van der Waals surface area contributed by atoms with Gasteiger partial charge < -0.3 is 4.74 Å². The van der Waals surface area contributed by atoms with E-state index in [0.717, 1.165) is 0 Å². The van der Waals surface area contributed by atoms with Gasteiger partial charge in [-0.15, -0.1) is 0 Å². The third-order valence-electron chi connectivity index (χ3n) is 1.84. The molecule has 0 aromatic heterocycles. The van der Waals surface area contributed by atoms with Crippen molar-refractivity contribution in [1.82, 2.24) is 0 Å². The second kappa shape index (κ2) is 4.56. The van der Waals surface area contributed by atoms with Gasteiger partial charge in [0.25, 0.3) is 0 Å². The van der Waals surface area contributed by atoms with E-state index >= 15 is 0 Å². The van der Waals surface area contributed by atoms with Crippen LogP contribution in [0.15, 0.2) is 18.2 Å². The molecule has 1 aromatic carbocycles. The smallest absolute Gasteiger partial charge is 0.159 e. The number of aldehydes is 1. The Balaban J connectivity index is 3.11. The van der Waals surface area contributed by atoms with Crippen LogP contribution in [0.4, 0.5) is 0 Å². The molecule has 0 bridgehead atoms. The Labute approximate surface area is 82.7 Å². The van der Waals surface area contributed by atoms with Gasteiger partial charge in [-0.05, 0) is 32.0 Å². The minimum atomic E-state index is -0.0591. The highest BCUT2D eigenvalue weighted by Gasteiger charge is 2.06.